The lowest BCUT2D eigenvalue weighted by atomic mass is 10.1. The maximum atomic E-state index is 11.7. The fourth-order valence-corrected chi connectivity index (χ4v) is 1.95. The first-order valence-electron chi connectivity index (χ1n) is 5.52. The van der Waals surface area contributed by atoms with Gasteiger partial charge in [-0.2, -0.15) is 0 Å². The van der Waals surface area contributed by atoms with Crippen LogP contribution >= 0.6 is 23.2 Å². The van der Waals surface area contributed by atoms with Crippen molar-refractivity contribution in [2.45, 2.75) is 33.6 Å². The summed E-state index contributed by atoms with van der Waals surface area (Å²) in [6, 6.07) is 1.67. The highest BCUT2D eigenvalue weighted by Crippen LogP contribution is 2.26. The molecule has 3 nitrogen and oxygen atoms in total. The molecule has 0 saturated heterocycles. The molecule has 94 valence electrons. The lowest BCUT2D eigenvalue weighted by Gasteiger charge is -2.10. The summed E-state index contributed by atoms with van der Waals surface area (Å²) in [5, 5.41) is 3.33. The largest absolute Gasteiger partial charge is 0.323 e. The Morgan fingerprint density at radius 2 is 2.12 bits per heavy atom. The second-order valence-corrected chi connectivity index (χ2v) is 5.15. The third kappa shape index (κ3) is 4.52. The van der Waals surface area contributed by atoms with Gasteiger partial charge in [0.2, 0.25) is 5.91 Å². The zero-order valence-electron chi connectivity index (χ0n) is 10.2. The average Bonchev–Trinajstić information content (AvgIpc) is 2.20. The van der Waals surface area contributed by atoms with Gasteiger partial charge in [-0.1, -0.05) is 37.0 Å². The first-order valence-corrected chi connectivity index (χ1v) is 6.28. The molecule has 1 heterocycles. The number of aryl methyl sites for hydroxylation is 1. The summed E-state index contributed by atoms with van der Waals surface area (Å²) in [6.45, 7) is 5.99. The zero-order chi connectivity index (χ0) is 13.0. The number of rotatable bonds is 4. The highest BCUT2D eigenvalue weighted by atomic mass is 35.5. The molecular formula is C12H16Cl2N2O. The lowest BCUT2D eigenvalue weighted by Crippen LogP contribution is -2.13. The molecule has 1 rings (SSSR count). The number of pyridine rings is 1. The van der Waals surface area contributed by atoms with Crippen molar-refractivity contribution >= 4 is 34.8 Å². The smallest absolute Gasteiger partial charge is 0.224 e. The van der Waals surface area contributed by atoms with Crippen molar-refractivity contribution in [2.75, 3.05) is 5.32 Å². The summed E-state index contributed by atoms with van der Waals surface area (Å²) in [5.74, 6) is 0.452. The molecule has 1 aromatic rings. The van der Waals surface area contributed by atoms with Gasteiger partial charge in [0.15, 0.2) is 5.15 Å². The van der Waals surface area contributed by atoms with Crippen LogP contribution in [0.5, 0.6) is 0 Å². The molecule has 0 aliphatic heterocycles. The number of aromatic nitrogens is 1. The van der Waals surface area contributed by atoms with E-state index in [4.69, 9.17) is 23.2 Å². The van der Waals surface area contributed by atoms with Crippen LogP contribution in [0, 0.1) is 12.8 Å². The Balaban J connectivity index is 2.72. The third-order valence-electron chi connectivity index (χ3n) is 2.35. The third-order valence-corrected chi connectivity index (χ3v) is 2.82. The molecule has 1 amide bonds. The van der Waals surface area contributed by atoms with Crippen LogP contribution in [0.4, 0.5) is 5.69 Å². The van der Waals surface area contributed by atoms with Crippen molar-refractivity contribution < 1.29 is 4.79 Å². The van der Waals surface area contributed by atoms with E-state index in [0.29, 0.717) is 23.2 Å². The van der Waals surface area contributed by atoms with Crippen LogP contribution in [0.15, 0.2) is 6.07 Å². The quantitative estimate of drug-likeness (QED) is 0.841. The maximum Gasteiger partial charge on any atom is 0.224 e. The number of nitrogens with one attached hydrogen (secondary N) is 1. The zero-order valence-corrected chi connectivity index (χ0v) is 11.7. The average molecular weight is 275 g/mol. The number of nitrogens with zero attached hydrogens (tertiary/aromatic N) is 1. The highest BCUT2D eigenvalue weighted by Gasteiger charge is 2.11. The number of amides is 1. The molecule has 0 unspecified atom stereocenters. The van der Waals surface area contributed by atoms with Crippen molar-refractivity contribution in [1.29, 1.82) is 0 Å². The molecule has 5 heteroatoms. The van der Waals surface area contributed by atoms with E-state index < -0.39 is 0 Å². The van der Waals surface area contributed by atoms with E-state index in [2.05, 4.69) is 24.1 Å². The van der Waals surface area contributed by atoms with Gasteiger partial charge in [-0.3, -0.25) is 4.79 Å². The second kappa shape index (κ2) is 6.22. The number of carbonyl (C=O) groups is 1. The van der Waals surface area contributed by atoms with E-state index in [1.807, 2.05) is 6.92 Å². The molecule has 0 aromatic carbocycles. The fraction of sp³-hybridized carbons (Fsp3) is 0.500. The molecule has 0 aliphatic rings. The SMILES string of the molecule is Cc1cc(Cl)nc(Cl)c1NC(=O)CCC(C)C. The summed E-state index contributed by atoms with van der Waals surface area (Å²) < 4.78 is 0. The Morgan fingerprint density at radius 3 is 2.65 bits per heavy atom. The van der Waals surface area contributed by atoms with E-state index in [0.717, 1.165) is 12.0 Å². The van der Waals surface area contributed by atoms with E-state index >= 15 is 0 Å². The van der Waals surface area contributed by atoms with E-state index in [9.17, 15) is 4.79 Å². The summed E-state index contributed by atoms with van der Waals surface area (Å²) in [5.41, 5.74) is 1.36. The molecular weight excluding hydrogens is 259 g/mol. The molecule has 0 atom stereocenters. The molecule has 0 aliphatic carbocycles. The van der Waals surface area contributed by atoms with Crippen LogP contribution in [0.1, 0.15) is 32.3 Å². The predicted molar refractivity (Wildman–Crippen MR) is 71.7 cm³/mol. The van der Waals surface area contributed by atoms with E-state index in [1.165, 1.54) is 0 Å². The molecule has 0 radical (unpaired) electrons. The summed E-state index contributed by atoms with van der Waals surface area (Å²) in [6.07, 6.45) is 1.33. The van der Waals surface area contributed by atoms with Crippen molar-refractivity contribution in [2.24, 2.45) is 5.92 Å². The minimum absolute atomic E-state index is 0.0483. The van der Waals surface area contributed by atoms with Crippen LogP contribution in [0.3, 0.4) is 0 Å². The first kappa shape index (κ1) is 14.3. The summed E-state index contributed by atoms with van der Waals surface area (Å²) in [7, 11) is 0. The van der Waals surface area contributed by atoms with Crippen LogP contribution in [0.25, 0.3) is 0 Å². The predicted octanol–water partition coefficient (Wildman–Crippen LogP) is 4.07. The topological polar surface area (TPSA) is 42.0 Å². The van der Waals surface area contributed by atoms with Crippen molar-refractivity contribution in [3.8, 4) is 0 Å². The fourth-order valence-electron chi connectivity index (χ4n) is 1.37. The van der Waals surface area contributed by atoms with Gasteiger partial charge in [0, 0.05) is 6.42 Å². The Kier molecular flexibility index (Phi) is 5.22. The second-order valence-electron chi connectivity index (χ2n) is 4.41. The van der Waals surface area contributed by atoms with Gasteiger partial charge in [0.1, 0.15) is 5.15 Å². The number of halogens is 2. The molecule has 17 heavy (non-hydrogen) atoms. The number of carbonyl (C=O) groups excluding carboxylic acids is 1. The molecule has 1 aromatic heterocycles. The molecule has 0 fully saturated rings. The van der Waals surface area contributed by atoms with E-state index in [1.54, 1.807) is 6.07 Å². The Hall–Kier alpha value is -0.800. The van der Waals surface area contributed by atoms with Gasteiger partial charge in [0.05, 0.1) is 5.69 Å². The van der Waals surface area contributed by atoms with Gasteiger partial charge >= 0.3 is 0 Å². The Labute approximate surface area is 112 Å². The Bertz CT molecular complexity index is 396. The van der Waals surface area contributed by atoms with Crippen LogP contribution in [-0.2, 0) is 4.79 Å². The van der Waals surface area contributed by atoms with Gasteiger partial charge in [0.25, 0.3) is 0 Å². The van der Waals surface area contributed by atoms with Gasteiger partial charge in [-0.15, -0.1) is 0 Å². The molecule has 0 saturated carbocycles. The van der Waals surface area contributed by atoms with Gasteiger partial charge in [-0.05, 0) is 30.9 Å². The summed E-state index contributed by atoms with van der Waals surface area (Å²) in [4.78, 5) is 15.6. The summed E-state index contributed by atoms with van der Waals surface area (Å²) >= 11 is 11.7. The standard InChI is InChI=1S/C12H16Cl2N2O/c1-7(2)4-5-10(17)16-11-8(3)6-9(13)15-12(11)14/h6-7H,4-5H2,1-3H3,(H,16,17). The monoisotopic (exact) mass is 274 g/mol. The number of hydrogen-bond acceptors (Lipinski definition) is 2. The maximum absolute atomic E-state index is 11.7. The minimum Gasteiger partial charge on any atom is -0.323 e. The van der Waals surface area contributed by atoms with Crippen LogP contribution in [0.2, 0.25) is 10.3 Å². The molecule has 1 N–H and O–H groups in total. The molecule has 0 bridgehead atoms. The number of hydrogen-bond donors (Lipinski definition) is 1. The normalized spacial score (nSPS) is 10.7. The van der Waals surface area contributed by atoms with Crippen molar-refractivity contribution in [3.05, 3.63) is 21.9 Å². The van der Waals surface area contributed by atoms with Crippen molar-refractivity contribution in [1.82, 2.24) is 4.98 Å². The van der Waals surface area contributed by atoms with Gasteiger partial charge in [-0.25, -0.2) is 4.98 Å². The van der Waals surface area contributed by atoms with Crippen LogP contribution in [-0.4, -0.2) is 10.9 Å². The highest BCUT2D eigenvalue weighted by molar-refractivity contribution is 6.34. The van der Waals surface area contributed by atoms with Gasteiger partial charge < -0.3 is 5.32 Å². The molecule has 0 spiro atoms. The van der Waals surface area contributed by atoms with E-state index in [-0.39, 0.29) is 11.1 Å². The lowest BCUT2D eigenvalue weighted by molar-refractivity contribution is -0.116. The minimum atomic E-state index is -0.0483. The van der Waals surface area contributed by atoms with Crippen LogP contribution < -0.4 is 5.32 Å². The first-order chi connectivity index (χ1) is 7.90. The number of anilines is 1. The Morgan fingerprint density at radius 1 is 1.47 bits per heavy atom. The van der Waals surface area contributed by atoms with Crippen molar-refractivity contribution in [3.63, 3.8) is 0 Å².